The Morgan fingerprint density at radius 3 is 2.49 bits per heavy atom. The summed E-state index contributed by atoms with van der Waals surface area (Å²) in [5.41, 5.74) is 12.6. The summed E-state index contributed by atoms with van der Waals surface area (Å²) in [7, 11) is 0. The molecule has 1 heterocycles. The van der Waals surface area contributed by atoms with Crippen LogP contribution in [0.3, 0.4) is 0 Å². The molecule has 0 bridgehead atoms. The van der Waals surface area contributed by atoms with Gasteiger partial charge in [0.15, 0.2) is 0 Å². The summed E-state index contributed by atoms with van der Waals surface area (Å²) >= 11 is 0. The Bertz CT molecular complexity index is 1410. The molecule has 0 aliphatic heterocycles. The number of amides is 1. The maximum atomic E-state index is 14.1. The highest BCUT2D eigenvalue weighted by Gasteiger charge is 2.33. The fourth-order valence-corrected chi connectivity index (χ4v) is 4.93. The van der Waals surface area contributed by atoms with Crippen LogP contribution in [0, 0.1) is 32.5 Å². The predicted molar refractivity (Wildman–Crippen MR) is 148 cm³/mol. The van der Waals surface area contributed by atoms with E-state index in [0.717, 1.165) is 39.1 Å². The van der Waals surface area contributed by atoms with Gasteiger partial charge in [0, 0.05) is 18.7 Å². The average Bonchev–Trinajstić information content (AvgIpc) is 3.19. The molecule has 1 amide bonds. The molecule has 1 aromatic heterocycles. The highest BCUT2D eigenvalue weighted by atomic mass is 19.1. The zero-order valence-corrected chi connectivity index (χ0v) is 22.5. The minimum Gasteiger partial charge on any atom is -0.330 e. The molecular formula is C31H37FN4O. The van der Waals surface area contributed by atoms with Crippen LogP contribution in [0.25, 0.3) is 11.0 Å². The third-order valence-corrected chi connectivity index (χ3v) is 7.01. The predicted octanol–water partition coefficient (Wildman–Crippen LogP) is 6.34. The summed E-state index contributed by atoms with van der Waals surface area (Å²) in [4.78, 5) is 21.0. The van der Waals surface area contributed by atoms with Crippen LogP contribution in [0.15, 0.2) is 60.7 Å². The van der Waals surface area contributed by atoms with Crippen molar-refractivity contribution in [2.45, 2.75) is 53.6 Å². The summed E-state index contributed by atoms with van der Waals surface area (Å²) in [6.45, 7) is 11.8. The summed E-state index contributed by atoms with van der Waals surface area (Å²) < 4.78 is 16.2. The van der Waals surface area contributed by atoms with Crippen molar-refractivity contribution in [2.75, 3.05) is 13.1 Å². The Balaban J connectivity index is 1.87. The molecule has 5 nitrogen and oxygen atoms in total. The van der Waals surface area contributed by atoms with Gasteiger partial charge in [-0.05, 0) is 98.3 Å². The number of aromatic nitrogens is 2. The molecule has 4 aromatic rings. The van der Waals surface area contributed by atoms with Crippen LogP contribution in [0.1, 0.15) is 64.7 Å². The summed E-state index contributed by atoms with van der Waals surface area (Å²) in [6, 6.07) is 18.4. The van der Waals surface area contributed by atoms with Gasteiger partial charge in [-0.3, -0.25) is 4.79 Å². The topological polar surface area (TPSA) is 64.2 Å². The zero-order valence-electron chi connectivity index (χ0n) is 22.5. The number of fused-ring (bicyclic) bond motifs is 1. The van der Waals surface area contributed by atoms with Gasteiger partial charge >= 0.3 is 0 Å². The van der Waals surface area contributed by atoms with Gasteiger partial charge in [0.25, 0.3) is 5.91 Å². The minimum absolute atomic E-state index is 0.0317. The van der Waals surface area contributed by atoms with Gasteiger partial charge in [-0.1, -0.05) is 38.1 Å². The van der Waals surface area contributed by atoms with Crippen LogP contribution in [0.2, 0.25) is 0 Å². The van der Waals surface area contributed by atoms with Gasteiger partial charge in [-0.25, -0.2) is 9.37 Å². The molecule has 2 N–H and O–H groups in total. The molecule has 0 unspecified atom stereocenters. The number of hydrogen-bond donors (Lipinski definition) is 1. The van der Waals surface area contributed by atoms with E-state index in [-0.39, 0.29) is 23.7 Å². The molecule has 0 spiro atoms. The van der Waals surface area contributed by atoms with E-state index >= 15 is 0 Å². The molecule has 0 aliphatic rings. The molecule has 0 saturated carbocycles. The number of hydrogen-bond acceptors (Lipinski definition) is 3. The van der Waals surface area contributed by atoms with Crippen molar-refractivity contribution in [3.05, 3.63) is 100 Å². The van der Waals surface area contributed by atoms with Crippen molar-refractivity contribution in [2.24, 2.45) is 11.7 Å². The van der Waals surface area contributed by atoms with E-state index in [1.807, 2.05) is 49.9 Å². The Morgan fingerprint density at radius 2 is 1.81 bits per heavy atom. The lowest BCUT2D eigenvalue weighted by molar-refractivity contribution is 0.0605. The second-order valence-electron chi connectivity index (χ2n) is 10.3. The van der Waals surface area contributed by atoms with Gasteiger partial charge in [0.05, 0.1) is 17.1 Å². The van der Waals surface area contributed by atoms with Gasteiger partial charge in [-0.2, -0.15) is 0 Å². The number of rotatable bonds is 9. The molecule has 6 heteroatoms. The van der Waals surface area contributed by atoms with Crippen LogP contribution >= 0.6 is 0 Å². The van der Waals surface area contributed by atoms with E-state index < -0.39 is 0 Å². The number of carbonyl (C=O) groups is 1. The summed E-state index contributed by atoms with van der Waals surface area (Å²) in [5.74, 6) is 0.580. The zero-order chi connectivity index (χ0) is 26.7. The molecule has 0 fully saturated rings. The van der Waals surface area contributed by atoms with Crippen molar-refractivity contribution in [3.8, 4) is 0 Å². The molecule has 3 aromatic carbocycles. The highest BCUT2D eigenvalue weighted by molar-refractivity contribution is 5.95. The number of halogens is 1. The number of carbonyl (C=O) groups excluding carboxylic acids is 1. The summed E-state index contributed by atoms with van der Waals surface area (Å²) in [5, 5.41) is 0. The Morgan fingerprint density at radius 1 is 1.03 bits per heavy atom. The van der Waals surface area contributed by atoms with Crippen LogP contribution in [0.5, 0.6) is 0 Å². The first-order valence-electron chi connectivity index (χ1n) is 13.0. The highest BCUT2D eigenvalue weighted by Crippen LogP contribution is 2.33. The van der Waals surface area contributed by atoms with E-state index in [2.05, 4.69) is 36.6 Å². The van der Waals surface area contributed by atoms with Crippen molar-refractivity contribution < 1.29 is 9.18 Å². The first-order chi connectivity index (χ1) is 17.7. The molecule has 0 saturated heterocycles. The number of imidazole rings is 1. The standard InChI is InChI=1S/C31H37FN4O/c1-20(2)29(35(15-7-14-33)31(37)25-12-11-22(4)23(5)17-25)30-34-27-16-21(3)10-13-28(27)36(30)19-24-8-6-9-26(32)18-24/h6,8-13,16-18,20,29H,7,14-15,19,33H2,1-5H3/t29-/m1/s1. The molecule has 1 atom stereocenters. The van der Waals surface area contributed by atoms with Crippen molar-refractivity contribution in [3.63, 3.8) is 0 Å². The Kier molecular flexibility index (Phi) is 8.08. The normalized spacial score (nSPS) is 12.3. The van der Waals surface area contributed by atoms with Crippen molar-refractivity contribution in [1.82, 2.24) is 14.5 Å². The third kappa shape index (κ3) is 5.75. The molecule has 194 valence electrons. The number of nitrogens with zero attached hydrogens (tertiary/aromatic N) is 3. The van der Waals surface area contributed by atoms with Crippen LogP contribution in [-0.4, -0.2) is 33.4 Å². The molecule has 37 heavy (non-hydrogen) atoms. The third-order valence-electron chi connectivity index (χ3n) is 7.01. The molecular weight excluding hydrogens is 463 g/mol. The number of benzene rings is 3. The van der Waals surface area contributed by atoms with Gasteiger partial charge in [0.2, 0.25) is 0 Å². The largest absolute Gasteiger partial charge is 0.330 e. The maximum Gasteiger partial charge on any atom is 0.254 e. The van der Waals surface area contributed by atoms with E-state index in [9.17, 15) is 9.18 Å². The van der Waals surface area contributed by atoms with Crippen LogP contribution < -0.4 is 5.73 Å². The monoisotopic (exact) mass is 500 g/mol. The van der Waals surface area contributed by atoms with Gasteiger partial charge in [0.1, 0.15) is 11.6 Å². The molecule has 0 radical (unpaired) electrons. The fraction of sp³-hybridized carbons (Fsp3) is 0.355. The fourth-order valence-electron chi connectivity index (χ4n) is 4.93. The van der Waals surface area contributed by atoms with Crippen molar-refractivity contribution in [1.29, 1.82) is 0 Å². The lowest BCUT2D eigenvalue weighted by Gasteiger charge is -2.35. The number of nitrogens with two attached hydrogens (primary N) is 1. The first-order valence-corrected chi connectivity index (χ1v) is 13.0. The Hall–Kier alpha value is -3.51. The summed E-state index contributed by atoms with van der Waals surface area (Å²) in [6.07, 6.45) is 0.684. The average molecular weight is 501 g/mol. The maximum absolute atomic E-state index is 14.1. The quantitative estimate of drug-likeness (QED) is 0.292. The second-order valence-corrected chi connectivity index (χ2v) is 10.3. The minimum atomic E-state index is -0.290. The first kappa shape index (κ1) is 26.6. The van der Waals surface area contributed by atoms with Crippen LogP contribution in [0.4, 0.5) is 4.39 Å². The lowest BCUT2D eigenvalue weighted by Crippen LogP contribution is -2.40. The molecule has 4 rings (SSSR count). The smallest absolute Gasteiger partial charge is 0.254 e. The second kappa shape index (κ2) is 11.3. The van der Waals surface area contributed by atoms with Crippen molar-refractivity contribution >= 4 is 16.9 Å². The van der Waals surface area contributed by atoms with Gasteiger partial charge in [-0.15, -0.1) is 0 Å². The molecule has 0 aliphatic carbocycles. The lowest BCUT2D eigenvalue weighted by atomic mass is 9.98. The van der Waals surface area contributed by atoms with E-state index in [1.54, 1.807) is 12.1 Å². The Labute approximate surface area is 219 Å². The SMILES string of the molecule is Cc1ccc2c(c1)nc([C@@H](C(C)C)N(CCCN)C(=O)c1ccc(C)c(C)c1)n2Cc1cccc(F)c1. The van der Waals surface area contributed by atoms with E-state index in [1.165, 1.54) is 6.07 Å². The van der Waals surface area contributed by atoms with E-state index in [0.29, 0.717) is 31.6 Å². The van der Waals surface area contributed by atoms with E-state index in [4.69, 9.17) is 10.7 Å². The number of aryl methyl sites for hydroxylation is 3. The van der Waals surface area contributed by atoms with Gasteiger partial charge < -0.3 is 15.2 Å². The van der Waals surface area contributed by atoms with Crippen LogP contribution in [-0.2, 0) is 6.54 Å².